The fourth-order valence-electron chi connectivity index (χ4n) is 5.20. The van der Waals surface area contributed by atoms with Gasteiger partial charge in [-0.3, -0.25) is 9.88 Å². The standard InChI is InChI=1S/C30H30F2N4O3/c1-38-21-17-20-10-13-36(14-12-34-30(37)35-26-9-11-33-25-6-4-3-5-22(25)26)27(29(20)28(18-21)39-2)16-19-7-8-23(31)24(32)15-19/h3-9,11,15,17-18,27H,10,12-14,16H2,1-2H3,(H2,33,34,35,37). The number of fused-ring (bicyclic) bond motifs is 2. The van der Waals surface area contributed by atoms with Crippen molar-refractivity contribution in [1.29, 1.82) is 0 Å². The molecule has 2 amide bonds. The first-order valence-corrected chi connectivity index (χ1v) is 12.8. The molecule has 0 spiro atoms. The fraction of sp³-hybridized carbons (Fsp3) is 0.267. The van der Waals surface area contributed by atoms with E-state index in [0.717, 1.165) is 41.1 Å². The molecule has 9 heteroatoms. The van der Waals surface area contributed by atoms with E-state index in [-0.39, 0.29) is 12.1 Å². The van der Waals surface area contributed by atoms with Crippen LogP contribution in [0.2, 0.25) is 0 Å². The predicted molar refractivity (Wildman–Crippen MR) is 146 cm³/mol. The minimum Gasteiger partial charge on any atom is -0.497 e. The summed E-state index contributed by atoms with van der Waals surface area (Å²) >= 11 is 0. The average Bonchev–Trinajstić information content (AvgIpc) is 2.95. The highest BCUT2D eigenvalue weighted by Crippen LogP contribution is 2.41. The first-order valence-electron chi connectivity index (χ1n) is 12.8. The molecular formula is C30H30F2N4O3. The average molecular weight is 533 g/mol. The third kappa shape index (κ3) is 5.78. The number of hydrogen-bond donors (Lipinski definition) is 2. The summed E-state index contributed by atoms with van der Waals surface area (Å²) in [4.78, 5) is 19.3. The van der Waals surface area contributed by atoms with Crippen molar-refractivity contribution in [2.24, 2.45) is 0 Å². The number of rotatable bonds is 8. The molecule has 2 heterocycles. The molecule has 2 N–H and O–H groups in total. The van der Waals surface area contributed by atoms with Crippen molar-refractivity contribution >= 4 is 22.6 Å². The van der Waals surface area contributed by atoms with Crippen LogP contribution in [-0.2, 0) is 12.8 Å². The first-order chi connectivity index (χ1) is 19.0. The van der Waals surface area contributed by atoms with Crippen molar-refractivity contribution in [1.82, 2.24) is 15.2 Å². The van der Waals surface area contributed by atoms with Crippen LogP contribution in [0.4, 0.5) is 19.3 Å². The van der Waals surface area contributed by atoms with Gasteiger partial charge in [-0.15, -0.1) is 0 Å². The Morgan fingerprint density at radius 1 is 1.05 bits per heavy atom. The van der Waals surface area contributed by atoms with Crippen molar-refractivity contribution in [2.75, 3.05) is 39.2 Å². The van der Waals surface area contributed by atoms with Crippen molar-refractivity contribution in [3.8, 4) is 11.5 Å². The summed E-state index contributed by atoms with van der Waals surface area (Å²) in [6.07, 6.45) is 2.86. The van der Waals surface area contributed by atoms with Crippen LogP contribution in [0.25, 0.3) is 10.9 Å². The number of aromatic nitrogens is 1. The van der Waals surface area contributed by atoms with Gasteiger partial charge >= 0.3 is 6.03 Å². The fourth-order valence-corrected chi connectivity index (χ4v) is 5.20. The SMILES string of the molecule is COc1cc2c(c(OC)c1)C(Cc1ccc(F)c(F)c1)N(CCNC(=O)Nc1ccnc3ccccc13)CC2. The van der Waals surface area contributed by atoms with E-state index in [9.17, 15) is 13.6 Å². The molecule has 39 heavy (non-hydrogen) atoms. The number of methoxy groups -OCH3 is 2. The number of halogens is 2. The lowest BCUT2D eigenvalue weighted by molar-refractivity contribution is 0.179. The Balaban J connectivity index is 1.33. The lowest BCUT2D eigenvalue weighted by Crippen LogP contribution is -2.42. The summed E-state index contributed by atoms with van der Waals surface area (Å²) < 4.78 is 38.8. The van der Waals surface area contributed by atoms with Gasteiger partial charge in [0.25, 0.3) is 0 Å². The topological polar surface area (TPSA) is 75.7 Å². The first kappa shape index (κ1) is 26.4. The molecule has 0 radical (unpaired) electrons. The number of pyridine rings is 1. The summed E-state index contributed by atoms with van der Waals surface area (Å²) in [6.45, 7) is 1.65. The van der Waals surface area contributed by atoms with Gasteiger partial charge in [0.05, 0.1) is 25.4 Å². The molecule has 1 aromatic heterocycles. The Kier molecular flexibility index (Phi) is 7.88. The van der Waals surface area contributed by atoms with E-state index >= 15 is 0 Å². The Morgan fingerprint density at radius 3 is 2.69 bits per heavy atom. The van der Waals surface area contributed by atoms with E-state index in [1.54, 1.807) is 32.5 Å². The largest absolute Gasteiger partial charge is 0.497 e. The molecule has 5 rings (SSSR count). The quantitative estimate of drug-likeness (QED) is 0.314. The Labute approximate surface area is 225 Å². The molecule has 3 aromatic carbocycles. The van der Waals surface area contributed by atoms with E-state index < -0.39 is 11.6 Å². The zero-order valence-electron chi connectivity index (χ0n) is 21.8. The number of carbonyl (C=O) groups is 1. The van der Waals surface area contributed by atoms with Crippen molar-refractivity contribution < 1.29 is 23.0 Å². The molecule has 0 fully saturated rings. The number of hydrogen-bond acceptors (Lipinski definition) is 5. The zero-order chi connectivity index (χ0) is 27.4. The lowest BCUT2D eigenvalue weighted by atomic mass is 9.87. The molecule has 1 aliphatic heterocycles. The molecule has 0 saturated carbocycles. The van der Waals surface area contributed by atoms with E-state index in [2.05, 4.69) is 20.5 Å². The van der Waals surface area contributed by atoms with Gasteiger partial charge in [-0.1, -0.05) is 24.3 Å². The van der Waals surface area contributed by atoms with Gasteiger partial charge in [0.15, 0.2) is 11.6 Å². The number of carbonyl (C=O) groups excluding carboxylic acids is 1. The molecule has 1 atom stereocenters. The van der Waals surface area contributed by atoms with E-state index in [1.165, 1.54) is 6.07 Å². The number of ether oxygens (including phenoxy) is 2. The van der Waals surface area contributed by atoms with Crippen LogP contribution in [0.1, 0.15) is 22.7 Å². The van der Waals surface area contributed by atoms with E-state index in [0.29, 0.717) is 42.3 Å². The third-order valence-corrected chi connectivity index (χ3v) is 7.09. The van der Waals surface area contributed by atoms with Crippen LogP contribution in [-0.4, -0.2) is 49.8 Å². The number of para-hydroxylation sites is 1. The second-order valence-electron chi connectivity index (χ2n) is 9.41. The monoisotopic (exact) mass is 532 g/mol. The van der Waals surface area contributed by atoms with Crippen LogP contribution in [0.15, 0.2) is 66.9 Å². The molecule has 202 valence electrons. The van der Waals surface area contributed by atoms with Crippen LogP contribution < -0.4 is 20.1 Å². The maximum absolute atomic E-state index is 14.1. The number of anilines is 1. The molecule has 0 aliphatic carbocycles. The van der Waals surface area contributed by atoms with E-state index in [4.69, 9.17) is 9.47 Å². The highest BCUT2D eigenvalue weighted by molar-refractivity contribution is 6.00. The highest BCUT2D eigenvalue weighted by atomic mass is 19.2. The number of benzene rings is 3. The van der Waals surface area contributed by atoms with Gasteiger partial charge in [0.1, 0.15) is 11.5 Å². The van der Waals surface area contributed by atoms with E-state index in [1.807, 2.05) is 36.4 Å². The molecule has 4 aromatic rings. The Hall–Kier alpha value is -4.24. The van der Waals surface area contributed by atoms with Crippen LogP contribution >= 0.6 is 0 Å². The zero-order valence-corrected chi connectivity index (χ0v) is 21.8. The molecule has 0 saturated heterocycles. The number of amides is 2. The van der Waals surface area contributed by atoms with Crippen molar-refractivity contribution in [2.45, 2.75) is 18.9 Å². The molecule has 1 unspecified atom stereocenters. The second kappa shape index (κ2) is 11.7. The van der Waals surface area contributed by atoms with Gasteiger partial charge in [-0.2, -0.15) is 0 Å². The van der Waals surface area contributed by atoms with Gasteiger partial charge < -0.3 is 20.1 Å². The maximum Gasteiger partial charge on any atom is 0.319 e. The van der Waals surface area contributed by atoms with Crippen LogP contribution in [0, 0.1) is 11.6 Å². The van der Waals surface area contributed by atoms with Crippen molar-refractivity contribution in [3.63, 3.8) is 0 Å². The normalized spacial score (nSPS) is 15.0. The number of nitrogens with one attached hydrogen (secondary N) is 2. The Morgan fingerprint density at radius 2 is 1.90 bits per heavy atom. The lowest BCUT2D eigenvalue weighted by Gasteiger charge is -2.38. The summed E-state index contributed by atoms with van der Waals surface area (Å²) in [6, 6.07) is 16.7. The Bertz CT molecular complexity index is 1470. The summed E-state index contributed by atoms with van der Waals surface area (Å²) in [5.74, 6) is -0.373. The third-order valence-electron chi connectivity index (χ3n) is 7.09. The molecule has 7 nitrogen and oxygen atoms in total. The summed E-state index contributed by atoms with van der Waals surface area (Å²) in [5.41, 5.74) is 4.23. The smallest absolute Gasteiger partial charge is 0.319 e. The second-order valence-corrected chi connectivity index (χ2v) is 9.41. The number of urea groups is 1. The summed E-state index contributed by atoms with van der Waals surface area (Å²) in [7, 11) is 3.22. The van der Waals surface area contributed by atoms with Crippen molar-refractivity contribution in [3.05, 3.63) is 95.2 Å². The summed E-state index contributed by atoms with van der Waals surface area (Å²) in [5, 5.41) is 6.71. The van der Waals surface area contributed by atoms with Gasteiger partial charge in [0, 0.05) is 48.9 Å². The highest BCUT2D eigenvalue weighted by Gasteiger charge is 2.31. The molecule has 1 aliphatic rings. The minimum atomic E-state index is -0.876. The molecular weight excluding hydrogens is 502 g/mol. The van der Waals surface area contributed by atoms with Crippen LogP contribution in [0.5, 0.6) is 11.5 Å². The van der Waals surface area contributed by atoms with Gasteiger partial charge in [-0.05, 0) is 54.3 Å². The van der Waals surface area contributed by atoms with Gasteiger partial charge in [0.2, 0.25) is 0 Å². The maximum atomic E-state index is 14.1. The minimum absolute atomic E-state index is 0.173. The predicted octanol–water partition coefficient (Wildman–Crippen LogP) is 5.49. The van der Waals surface area contributed by atoms with Gasteiger partial charge in [-0.25, -0.2) is 13.6 Å². The van der Waals surface area contributed by atoms with Crippen LogP contribution in [0.3, 0.4) is 0 Å². The molecule has 0 bridgehead atoms. The number of nitrogens with zero attached hydrogens (tertiary/aromatic N) is 2.